The number of carbonyl (C=O) groups is 2. The van der Waals surface area contributed by atoms with E-state index in [-0.39, 0.29) is 35.9 Å². The topological polar surface area (TPSA) is 73.8 Å². The van der Waals surface area contributed by atoms with Crippen molar-refractivity contribution in [2.45, 2.75) is 12.8 Å². The van der Waals surface area contributed by atoms with E-state index >= 15 is 0 Å². The predicted octanol–water partition coefficient (Wildman–Crippen LogP) is 0.833. The van der Waals surface area contributed by atoms with E-state index in [4.69, 9.17) is 0 Å². The molecule has 7 heteroatoms. The number of carbonyl (C=O) groups excluding carboxylic acids is 2. The Labute approximate surface area is 131 Å². The second kappa shape index (κ2) is 4.18. The monoisotopic (exact) mass is 312 g/mol. The lowest BCUT2D eigenvalue weighted by atomic mass is 9.83. The van der Waals surface area contributed by atoms with E-state index in [0.717, 1.165) is 24.1 Å². The summed E-state index contributed by atoms with van der Waals surface area (Å²) < 4.78 is 13.8. The van der Waals surface area contributed by atoms with E-state index < -0.39 is 5.83 Å². The highest BCUT2D eigenvalue weighted by Crippen LogP contribution is 2.44. The molecule has 0 aromatic carbocycles. The predicted molar refractivity (Wildman–Crippen MR) is 79.0 cm³/mol. The number of rotatable bonds is 1. The second-order valence-electron chi connectivity index (χ2n) is 6.30. The van der Waals surface area contributed by atoms with Gasteiger partial charge in [-0.25, -0.2) is 9.38 Å². The van der Waals surface area contributed by atoms with Crippen LogP contribution in [0.25, 0.3) is 0 Å². The number of hydrogen-bond donors (Lipinski definition) is 2. The fourth-order valence-electron chi connectivity index (χ4n) is 3.51. The fraction of sp³-hybridized carbons (Fsp3) is 0.312. The van der Waals surface area contributed by atoms with Gasteiger partial charge in [0.05, 0.1) is 23.9 Å². The van der Waals surface area contributed by atoms with Crippen molar-refractivity contribution in [3.63, 3.8) is 0 Å². The Morgan fingerprint density at radius 3 is 2.96 bits per heavy atom. The maximum absolute atomic E-state index is 13.8. The van der Waals surface area contributed by atoms with Crippen molar-refractivity contribution in [2.75, 3.05) is 6.54 Å². The molecule has 1 atom stereocenters. The van der Waals surface area contributed by atoms with Crippen molar-refractivity contribution in [3.05, 3.63) is 46.7 Å². The largest absolute Gasteiger partial charge is 0.308 e. The zero-order valence-corrected chi connectivity index (χ0v) is 12.1. The van der Waals surface area contributed by atoms with E-state index in [1.54, 1.807) is 6.20 Å². The molecule has 23 heavy (non-hydrogen) atoms. The van der Waals surface area contributed by atoms with Gasteiger partial charge in [0.25, 0.3) is 5.91 Å². The highest BCUT2D eigenvalue weighted by molar-refractivity contribution is 6.49. The van der Waals surface area contributed by atoms with Crippen molar-refractivity contribution in [1.82, 2.24) is 15.8 Å². The summed E-state index contributed by atoms with van der Waals surface area (Å²) in [5, 5.41) is 0. The summed E-state index contributed by atoms with van der Waals surface area (Å²) in [6.07, 6.45) is 6.13. The number of allylic oxidation sites excluding steroid dienone is 4. The SMILES string of the molecule is O=C1C2=NC3=CC(F)=CC4=CNNC(=C2C43)CN1C(=O)C1CC1. The molecule has 2 amide bonds. The molecular weight excluding hydrogens is 299 g/mol. The van der Waals surface area contributed by atoms with Crippen LogP contribution in [0.3, 0.4) is 0 Å². The standard InChI is InChI=1S/C16H13FN4O2/c17-9-3-8-5-18-20-11-6-21(15(22)7-1-2-7)16(23)14-13(11)12(8)10(4-9)19-14/h3-5,7,12,18,20H,1-2,6H2. The van der Waals surface area contributed by atoms with Gasteiger partial charge in [0.2, 0.25) is 5.91 Å². The van der Waals surface area contributed by atoms with E-state index in [1.807, 2.05) is 0 Å². The van der Waals surface area contributed by atoms with Gasteiger partial charge in [0.15, 0.2) is 0 Å². The van der Waals surface area contributed by atoms with Crippen LogP contribution in [0.5, 0.6) is 0 Å². The average molecular weight is 312 g/mol. The zero-order valence-electron chi connectivity index (χ0n) is 12.1. The van der Waals surface area contributed by atoms with Crippen molar-refractivity contribution in [3.8, 4) is 0 Å². The first-order chi connectivity index (χ1) is 11.1. The summed E-state index contributed by atoms with van der Waals surface area (Å²) in [5.41, 5.74) is 8.91. The molecule has 2 N–H and O–H groups in total. The molecule has 6 nitrogen and oxygen atoms in total. The first-order valence-electron chi connectivity index (χ1n) is 7.61. The smallest absolute Gasteiger partial charge is 0.279 e. The van der Waals surface area contributed by atoms with Gasteiger partial charge in [-0.05, 0) is 30.6 Å². The number of nitrogens with one attached hydrogen (secondary N) is 2. The molecule has 0 aromatic heterocycles. The summed E-state index contributed by atoms with van der Waals surface area (Å²) in [4.78, 5) is 30.7. The molecule has 0 spiro atoms. The van der Waals surface area contributed by atoms with Crippen molar-refractivity contribution >= 4 is 17.5 Å². The third kappa shape index (κ3) is 1.70. The molecular formula is C16H13FN4O2. The van der Waals surface area contributed by atoms with Gasteiger partial charge in [0.1, 0.15) is 11.5 Å². The maximum atomic E-state index is 13.8. The van der Waals surface area contributed by atoms with Crippen LogP contribution in [0, 0.1) is 11.8 Å². The molecule has 3 heterocycles. The zero-order chi connectivity index (χ0) is 15.7. The number of hydrogen-bond acceptors (Lipinski definition) is 5. The van der Waals surface area contributed by atoms with Gasteiger partial charge in [-0.3, -0.25) is 14.5 Å². The molecule has 5 aliphatic rings. The Kier molecular flexibility index (Phi) is 2.33. The first kappa shape index (κ1) is 12.8. The minimum atomic E-state index is -0.394. The van der Waals surface area contributed by atoms with Gasteiger partial charge >= 0.3 is 0 Å². The number of halogens is 1. The highest BCUT2D eigenvalue weighted by Gasteiger charge is 2.47. The number of imide groups is 1. The van der Waals surface area contributed by atoms with E-state index in [0.29, 0.717) is 11.3 Å². The number of hydrazine groups is 1. The summed E-state index contributed by atoms with van der Waals surface area (Å²) >= 11 is 0. The quantitative estimate of drug-likeness (QED) is 0.704. The van der Waals surface area contributed by atoms with Crippen molar-refractivity contribution in [1.29, 1.82) is 0 Å². The second-order valence-corrected chi connectivity index (χ2v) is 6.30. The Morgan fingerprint density at radius 1 is 1.35 bits per heavy atom. The molecule has 1 unspecified atom stereocenters. The summed E-state index contributed by atoms with van der Waals surface area (Å²) in [6.45, 7) is 0.201. The Bertz CT molecular complexity index is 829. The first-order valence-corrected chi connectivity index (χ1v) is 7.61. The third-order valence-electron chi connectivity index (χ3n) is 4.75. The maximum Gasteiger partial charge on any atom is 0.279 e. The van der Waals surface area contributed by atoms with E-state index in [2.05, 4.69) is 15.8 Å². The van der Waals surface area contributed by atoms with E-state index in [1.165, 1.54) is 17.1 Å². The van der Waals surface area contributed by atoms with Gasteiger partial charge in [-0.15, -0.1) is 0 Å². The number of amides is 2. The van der Waals surface area contributed by atoms with Gasteiger partial charge in [-0.2, -0.15) is 0 Å². The Balaban J connectivity index is 1.65. The lowest BCUT2D eigenvalue weighted by Crippen LogP contribution is -2.50. The van der Waals surface area contributed by atoms with Crippen LogP contribution in [-0.4, -0.2) is 29.0 Å². The minimum Gasteiger partial charge on any atom is -0.308 e. The van der Waals surface area contributed by atoms with Gasteiger partial charge in [0, 0.05) is 17.7 Å². The molecule has 1 saturated carbocycles. The lowest BCUT2D eigenvalue weighted by molar-refractivity contribution is -0.141. The van der Waals surface area contributed by atoms with Crippen LogP contribution in [0.1, 0.15) is 12.8 Å². The van der Waals surface area contributed by atoms with Gasteiger partial charge < -0.3 is 10.9 Å². The van der Waals surface area contributed by atoms with Crippen LogP contribution in [0.4, 0.5) is 4.39 Å². The van der Waals surface area contributed by atoms with Crippen LogP contribution in [-0.2, 0) is 9.59 Å². The number of nitrogens with zero attached hydrogens (tertiary/aromatic N) is 2. The van der Waals surface area contributed by atoms with Crippen molar-refractivity contribution < 1.29 is 14.0 Å². The fourth-order valence-corrected chi connectivity index (χ4v) is 3.51. The molecule has 0 bridgehead atoms. The molecule has 0 saturated heterocycles. The number of aliphatic imine (C=N–C) groups is 1. The van der Waals surface area contributed by atoms with Crippen LogP contribution < -0.4 is 10.9 Å². The molecule has 3 aliphatic heterocycles. The van der Waals surface area contributed by atoms with Crippen LogP contribution in [0.2, 0.25) is 0 Å². The molecule has 1 fully saturated rings. The average Bonchev–Trinajstić information content (AvgIpc) is 3.30. The normalized spacial score (nSPS) is 28.0. The third-order valence-corrected chi connectivity index (χ3v) is 4.75. The molecule has 0 aromatic rings. The Hall–Kier alpha value is -2.70. The Morgan fingerprint density at radius 2 is 2.17 bits per heavy atom. The van der Waals surface area contributed by atoms with Gasteiger partial charge in [-0.1, -0.05) is 0 Å². The van der Waals surface area contributed by atoms with E-state index in [9.17, 15) is 14.0 Å². The molecule has 116 valence electrons. The molecule has 5 rings (SSSR count). The van der Waals surface area contributed by atoms with Crippen LogP contribution in [0.15, 0.2) is 51.7 Å². The highest BCUT2D eigenvalue weighted by atomic mass is 19.1. The summed E-state index contributed by atoms with van der Waals surface area (Å²) in [5.74, 6) is -1.20. The lowest BCUT2D eigenvalue weighted by Gasteiger charge is -2.29. The van der Waals surface area contributed by atoms with Crippen molar-refractivity contribution in [2.24, 2.45) is 16.8 Å². The molecule has 0 radical (unpaired) electrons. The summed E-state index contributed by atoms with van der Waals surface area (Å²) in [7, 11) is 0. The van der Waals surface area contributed by atoms with Crippen LogP contribution >= 0.6 is 0 Å². The molecule has 2 aliphatic carbocycles. The summed E-state index contributed by atoms with van der Waals surface area (Å²) in [6, 6.07) is 0. The minimum absolute atomic E-state index is 0.0452.